The smallest absolute Gasteiger partial charge is 0.258 e. The Morgan fingerprint density at radius 3 is 2.92 bits per heavy atom. The second-order valence-corrected chi connectivity index (χ2v) is 7.42. The third kappa shape index (κ3) is 3.01. The van der Waals surface area contributed by atoms with Gasteiger partial charge in [-0.25, -0.2) is 0 Å². The molecule has 3 aromatic rings. The molecule has 1 N–H and O–H groups in total. The molecule has 1 aliphatic heterocycles. The normalized spacial score (nSPS) is 16.2. The number of rotatable bonds is 4. The minimum Gasteiger partial charge on any atom is -0.359 e. The minimum atomic E-state index is -0.342. The number of hydrogen-bond acceptors (Lipinski definition) is 4. The molecule has 0 spiro atoms. The van der Waals surface area contributed by atoms with Gasteiger partial charge in [-0.15, -0.1) is 11.3 Å². The molecule has 0 radical (unpaired) electrons. The number of benzene rings is 1. The summed E-state index contributed by atoms with van der Waals surface area (Å²) in [6, 6.07) is 13.5. The lowest BCUT2D eigenvalue weighted by Crippen LogP contribution is -2.31. The van der Waals surface area contributed by atoms with E-state index in [0.717, 1.165) is 21.8 Å². The Kier molecular flexibility index (Phi) is 4.19. The lowest BCUT2D eigenvalue weighted by Gasteiger charge is -2.26. The van der Waals surface area contributed by atoms with Crippen LogP contribution in [0.25, 0.3) is 0 Å². The topological polar surface area (TPSA) is 45.2 Å². The Bertz CT molecular complexity index is 926. The quantitative estimate of drug-likeness (QED) is 0.713. The Labute approximate surface area is 155 Å². The molecule has 25 heavy (non-hydrogen) atoms. The van der Waals surface area contributed by atoms with Crippen LogP contribution in [0.4, 0.5) is 5.69 Å². The molecule has 0 saturated heterocycles. The molecular weight excluding hydrogens is 354 g/mol. The van der Waals surface area contributed by atoms with E-state index in [1.165, 1.54) is 0 Å². The average Bonchev–Trinajstić information content (AvgIpc) is 3.20. The van der Waals surface area contributed by atoms with E-state index in [0.29, 0.717) is 17.1 Å². The highest BCUT2D eigenvalue weighted by Crippen LogP contribution is 2.36. The van der Waals surface area contributed by atoms with Crippen LogP contribution in [0, 0.1) is 6.92 Å². The zero-order valence-corrected chi connectivity index (χ0v) is 15.1. The van der Waals surface area contributed by atoms with Crippen molar-refractivity contribution >= 4 is 34.5 Å². The summed E-state index contributed by atoms with van der Waals surface area (Å²) >= 11 is 8.01. The monoisotopic (exact) mass is 369 g/mol. The number of thiophene rings is 1. The van der Waals surface area contributed by atoms with E-state index in [9.17, 15) is 4.79 Å². The van der Waals surface area contributed by atoms with Gasteiger partial charge in [-0.2, -0.15) is 0 Å². The fourth-order valence-electron chi connectivity index (χ4n) is 3.00. The van der Waals surface area contributed by atoms with E-state index in [2.05, 4.69) is 10.3 Å². The van der Waals surface area contributed by atoms with Crippen LogP contribution < -0.4 is 5.32 Å². The van der Waals surface area contributed by atoms with Gasteiger partial charge in [-0.1, -0.05) is 23.7 Å². The van der Waals surface area contributed by atoms with Crippen molar-refractivity contribution in [3.05, 3.63) is 80.8 Å². The molecule has 0 aliphatic carbocycles. The third-order valence-electron chi connectivity index (χ3n) is 4.22. The lowest BCUT2D eigenvalue weighted by molar-refractivity contribution is 0.0729. The van der Waals surface area contributed by atoms with Gasteiger partial charge in [0.05, 0.1) is 28.5 Å². The van der Waals surface area contributed by atoms with Crippen LogP contribution in [0.1, 0.15) is 32.7 Å². The number of aromatic nitrogens is 1. The van der Waals surface area contributed by atoms with Crippen molar-refractivity contribution in [2.24, 2.45) is 0 Å². The lowest BCUT2D eigenvalue weighted by atomic mass is 10.2. The molecule has 6 heteroatoms. The molecular formula is C19H16ClN3OS. The molecule has 2 aromatic heterocycles. The maximum atomic E-state index is 12.9. The highest BCUT2D eigenvalue weighted by Gasteiger charge is 2.38. The van der Waals surface area contributed by atoms with Gasteiger partial charge in [0.15, 0.2) is 0 Å². The number of carbonyl (C=O) groups is 1. The predicted molar refractivity (Wildman–Crippen MR) is 101 cm³/mol. The molecule has 126 valence electrons. The van der Waals surface area contributed by atoms with E-state index in [1.54, 1.807) is 28.5 Å². The maximum Gasteiger partial charge on any atom is 0.258 e. The van der Waals surface area contributed by atoms with Crippen LogP contribution in [-0.4, -0.2) is 15.8 Å². The van der Waals surface area contributed by atoms with Crippen molar-refractivity contribution in [3.63, 3.8) is 0 Å². The summed E-state index contributed by atoms with van der Waals surface area (Å²) in [6.45, 7) is 2.53. The number of nitrogens with one attached hydrogen (secondary N) is 1. The van der Waals surface area contributed by atoms with Gasteiger partial charge in [0, 0.05) is 11.1 Å². The molecule has 1 atom stereocenters. The summed E-state index contributed by atoms with van der Waals surface area (Å²) in [5, 5.41) is 6.05. The van der Waals surface area contributed by atoms with Gasteiger partial charge in [-0.3, -0.25) is 9.78 Å². The standard InChI is InChI=1S/C19H16ClN3OS/c1-12-6-7-16(15(20)10-12)22-18-17-14(5-2-8-21-17)19(24)23(18)11-13-4-3-9-25-13/h2-10,18,22H,11H2,1H3/t18-/m1/s1. The van der Waals surface area contributed by atoms with Gasteiger partial charge in [0.25, 0.3) is 5.91 Å². The number of amides is 1. The number of carbonyl (C=O) groups excluding carboxylic acids is 1. The highest BCUT2D eigenvalue weighted by atomic mass is 35.5. The fraction of sp³-hybridized carbons (Fsp3) is 0.158. The summed E-state index contributed by atoms with van der Waals surface area (Å²) < 4.78 is 0. The van der Waals surface area contributed by atoms with Crippen LogP contribution >= 0.6 is 22.9 Å². The first-order valence-corrected chi connectivity index (χ1v) is 9.20. The number of halogens is 1. The van der Waals surface area contributed by atoms with E-state index in [-0.39, 0.29) is 12.1 Å². The molecule has 1 aliphatic rings. The van der Waals surface area contributed by atoms with Crippen LogP contribution in [0.2, 0.25) is 5.02 Å². The number of pyridine rings is 1. The van der Waals surface area contributed by atoms with Crippen molar-refractivity contribution < 1.29 is 4.79 Å². The first-order chi connectivity index (χ1) is 12.1. The SMILES string of the molecule is Cc1ccc(N[C@H]2c3ncccc3C(=O)N2Cc2cccs2)c(Cl)c1. The van der Waals surface area contributed by atoms with Gasteiger partial charge in [0.1, 0.15) is 6.17 Å². The summed E-state index contributed by atoms with van der Waals surface area (Å²) in [5.41, 5.74) is 3.26. The molecule has 0 unspecified atom stereocenters. The number of hydrogen-bond donors (Lipinski definition) is 1. The Morgan fingerprint density at radius 2 is 2.16 bits per heavy atom. The summed E-state index contributed by atoms with van der Waals surface area (Å²) in [5.74, 6) is -0.0164. The van der Waals surface area contributed by atoms with Crippen LogP contribution in [-0.2, 0) is 6.54 Å². The molecule has 4 nitrogen and oxygen atoms in total. The van der Waals surface area contributed by atoms with Crippen molar-refractivity contribution in [1.82, 2.24) is 9.88 Å². The Hall–Kier alpha value is -2.37. The van der Waals surface area contributed by atoms with E-state index >= 15 is 0 Å². The van der Waals surface area contributed by atoms with E-state index in [1.807, 2.05) is 48.7 Å². The maximum absolute atomic E-state index is 12.9. The molecule has 4 rings (SSSR count). The van der Waals surface area contributed by atoms with Crippen LogP contribution in [0.3, 0.4) is 0 Å². The summed E-state index contributed by atoms with van der Waals surface area (Å²) in [4.78, 5) is 20.3. The van der Waals surface area contributed by atoms with Crippen LogP contribution in [0.5, 0.6) is 0 Å². The van der Waals surface area contributed by atoms with Crippen molar-refractivity contribution in [2.75, 3.05) is 5.32 Å². The molecule has 1 amide bonds. The third-order valence-corrected chi connectivity index (χ3v) is 5.40. The highest BCUT2D eigenvalue weighted by molar-refractivity contribution is 7.09. The van der Waals surface area contributed by atoms with E-state index in [4.69, 9.17) is 11.6 Å². The number of nitrogens with zero attached hydrogens (tertiary/aromatic N) is 2. The second-order valence-electron chi connectivity index (χ2n) is 5.98. The number of anilines is 1. The summed E-state index contributed by atoms with van der Waals surface area (Å²) in [6.07, 6.45) is 1.37. The van der Waals surface area contributed by atoms with Gasteiger partial charge >= 0.3 is 0 Å². The minimum absolute atomic E-state index is 0.0164. The van der Waals surface area contributed by atoms with Crippen molar-refractivity contribution in [2.45, 2.75) is 19.6 Å². The van der Waals surface area contributed by atoms with Crippen LogP contribution in [0.15, 0.2) is 54.0 Å². The van der Waals surface area contributed by atoms with E-state index < -0.39 is 0 Å². The summed E-state index contributed by atoms with van der Waals surface area (Å²) in [7, 11) is 0. The Morgan fingerprint density at radius 1 is 1.28 bits per heavy atom. The van der Waals surface area contributed by atoms with Gasteiger partial charge in [-0.05, 0) is 48.2 Å². The zero-order chi connectivity index (χ0) is 17.4. The number of fused-ring (bicyclic) bond motifs is 1. The fourth-order valence-corrected chi connectivity index (χ4v) is 3.99. The zero-order valence-electron chi connectivity index (χ0n) is 13.6. The molecule has 0 saturated carbocycles. The first-order valence-electron chi connectivity index (χ1n) is 7.94. The van der Waals surface area contributed by atoms with Gasteiger partial charge in [0.2, 0.25) is 0 Å². The van der Waals surface area contributed by atoms with Crippen molar-refractivity contribution in [1.29, 1.82) is 0 Å². The van der Waals surface area contributed by atoms with Gasteiger partial charge < -0.3 is 10.2 Å². The first kappa shape index (κ1) is 16.1. The molecule has 0 bridgehead atoms. The largest absolute Gasteiger partial charge is 0.359 e. The van der Waals surface area contributed by atoms with Crippen molar-refractivity contribution in [3.8, 4) is 0 Å². The average molecular weight is 370 g/mol. The number of aryl methyl sites for hydroxylation is 1. The molecule has 3 heterocycles. The second kappa shape index (κ2) is 6.50. The Balaban J connectivity index is 1.71. The predicted octanol–water partition coefficient (Wildman–Crippen LogP) is 4.87. The molecule has 1 aromatic carbocycles. The molecule has 0 fully saturated rings.